The largest absolute Gasteiger partial charge is 0.311 e. The number of nitrogens with one attached hydrogen (secondary N) is 1. The molecular formula is C10H17N3O2S. The molecule has 0 saturated heterocycles. The van der Waals surface area contributed by atoms with E-state index in [4.69, 9.17) is 11.6 Å². The zero-order chi connectivity index (χ0) is 12.3. The summed E-state index contributed by atoms with van der Waals surface area (Å²) in [6.45, 7) is 3.30. The molecule has 1 unspecified atom stereocenters. The van der Waals surface area contributed by atoms with Crippen molar-refractivity contribution >= 4 is 9.84 Å². The van der Waals surface area contributed by atoms with E-state index < -0.39 is 21.3 Å². The molecule has 0 spiro atoms. The van der Waals surface area contributed by atoms with Crippen LogP contribution in [0.1, 0.15) is 25.6 Å². The summed E-state index contributed by atoms with van der Waals surface area (Å²) in [7, 11) is -3.22. The van der Waals surface area contributed by atoms with Crippen LogP contribution in [0.15, 0.2) is 29.2 Å². The molecule has 5 nitrogen and oxygen atoms in total. The quantitative estimate of drug-likeness (QED) is 0.401. The molecule has 0 bridgehead atoms. The molecule has 1 aromatic carbocycles. The first kappa shape index (κ1) is 13.1. The molecule has 90 valence electrons. The van der Waals surface area contributed by atoms with Gasteiger partial charge < -0.3 is 5.73 Å². The Hall–Kier alpha value is -0.950. The normalized spacial score (nSPS) is 14.1. The summed E-state index contributed by atoms with van der Waals surface area (Å²) in [5.41, 5.74) is 8.76. The number of sulfone groups is 1. The summed E-state index contributed by atoms with van der Waals surface area (Å²) in [6.07, 6.45) is -0.490. The van der Waals surface area contributed by atoms with E-state index in [0.29, 0.717) is 4.90 Å². The van der Waals surface area contributed by atoms with Gasteiger partial charge in [0.15, 0.2) is 9.84 Å². The van der Waals surface area contributed by atoms with Crippen molar-refractivity contribution in [2.24, 2.45) is 11.6 Å². The van der Waals surface area contributed by atoms with Gasteiger partial charge in [0.05, 0.1) is 16.3 Å². The predicted molar refractivity (Wildman–Crippen MR) is 63.0 cm³/mol. The van der Waals surface area contributed by atoms with Crippen molar-refractivity contribution in [3.05, 3.63) is 29.8 Å². The molecule has 0 aliphatic rings. The lowest BCUT2D eigenvalue weighted by Gasteiger charge is -2.12. The highest BCUT2D eigenvalue weighted by molar-refractivity contribution is 7.92. The summed E-state index contributed by atoms with van der Waals surface area (Å²) in [4.78, 5) is 0.301. The Balaban J connectivity index is 3.05. The van der Waals surface area contributed by atoms with Gasteiger partial charge >= 0.3 is 0 Å². The molecule has 1 atom stereocenters. The topological polar surface area (TPSA) is 98.2 Å². The van der Waals surface area contributed by atoms with Crippen LogP contribution in [0.25, 0.3) is 0 Å². The van der Waals surface area contributed by atoms with E-state index in [-0.39, 0.29) is 0 Å². The van der Waals surface area contributed by atoms with E-state index in [1.807, 2.05) is 0 Å². The summed E-state index contributed by atoms with van der Waals surface area (Å²) in [5.74, 6) is 5.18. The Morgan fingerprint density at radius 3 is 2.06 bits per heavy atom. The van der Waals surface area contributed by atoms with Crippen LogP contribution in [0.2, 0.25) is 0 Å². The van der Waals surface area contributed by atoms with Crippen molar-refractivity contribution in [2.45, 2.75) is 30.2 Å². The van der Waals surface area contributed by atoms with Crippen LogP contribution < -0.4 is 17.0 Å². The SMILES string of the molecule is CC(C)S(=O)(=O)c1ccc(C(N)NN)cc1. The third-order valence-electron chi connectivity index (χ3n) is 2.37. The molecule has 0 heterocycles. The van der Waals surface area contributed by atoms with Gasteiger partial charge in [-0.2, -0.15) is 0 Å². The van der Waals surface area contributed by atoms with Gasteiger partial charge in [0, 0.05) is 0 Å². The van der Waals surface area contributed by atoms with Crippen molar-refractivity contribution in [1.82, 2.24) is 5.43 Å². The average Bonchev–Trinajstić information content (AvgIpc) is 2.28. The lowest BCUT2D eigenvalue weighted by Crippen LogP contribution is -2.34. The molecule has 5 N–H and O–H groups in total. The van der Waals surface area contributed by atoms with Gasteiger partial charge in [0.2, 0.25) is 0 Å². The van der Waals surface area contributed by atoms with Crippen LogP contribution in [0.3, 0.4) is 0 Å². The van der Waals surface area contributed by atoms with Gasteiger partial charge in [-0.05, 0) is 31.5 Å². The maximum absolute atomic E-state index is 11.8. The van der Waals surface area contributed by atoms with Crippen LogP contribution in [-0.2, 0) is 9.84 Å². The maximum atomic E-state index is 11.8. The number of nitrogens with two attached hydrogens (primary N) is 2. The summed E-state index contributed by atoms with van der Waals surface area (Å²) in [6, 6.07) is 6.39. The highest BCUT2D eigenvalue weighted by atomic mass is 32.2. The fourth-order valence-electron chi connectivity index (χ4n) is 1.23. The van der Waals surface area contributed by atoms with Gasteiger partial charge in [-0.25, -0.2) is 13.8 Å². The number of hydrogen-bond donors (Lipinski definition) is 3. The summed E-state index contributed by atoms with van der Waals surface area (Å²) in [5, 5.41) is -0.431. The number of hydrogen-bond acceptors (Lipinski definition) is 5. The minimum Gasteiger partial charge on any atom is -0.311 e. The molecule has 1 aromatic rings. The first-order valence-corrected chi connectivity index (χ1v) is 6.49. The summed E-state index contributed by atoms with van der Waals surface area (Å²) < 4.78 is 23.6. The highest BCUT2D eigenvalue weighted by Gasteiger charge is 2.18. The molecule has 0 aromatic heterocycles. The second kappa shape index (κ2) is 4.92. The number of benzene rings is 1. The number of hydrazine groups is 1. The lowest BCUT2D eigenvalue weighted by molar-refractivity contribution is 0.575. The second-order valence-corrected chi connectivity index (χ2v) is 6.31. The van der Waals surface area contributed by atoms with Crippen molar-refractivity contribution in [1.29, 1.82) is 0 Å². The van der Waals surface area contributed by atoms with Gasteiger partial charge in [-0.1, -0.05) is 12.1 Å². The Morgan fingerprint density at radius 2 is 1.69 bits per heavy atom. The molecule has 0 fully saturated rings. The van der Waals surface area contributed by atoms with Crippen molar-refractivity contribution in [2.75, 3.05) is 0 Å². The van der Waals surface area contributed by atoms with E-state index in [1.165, 1.54) is 0 Å². The van der Waals surface area contributed by atoms with Gasteiger partial charge in [-0.3, -0.25) is 5.84 Å². The van der Waals surface area contributed by atoms with Gasteiger partial charge in [-0.15, -0.1) is 0 Å². The predicted octanol–water partition coefficient (Wildman–Crippen LogP) is 0.289. The second-order valence-electron chi connectivity index (χ2n) is 3.81. The van der Waals surface area contributed by atoms with Crippen molar-refractivity contribution in [3.8, 4) is 0 Å². The summed E-state index contributed by atoms with van der Waals surface area (Å²) >= 11 is 0. The third kappa shape index (κ3) is 2.59. The van der Waals surface area contributed by atoms with E-state index in [9.17, 15) is 8.42 Å². The molecule has 0 aliphatic carbocycles. The van der Waals surface area contributed by atoms with E-state index in [2.05, 4.69) is 5.43 Å². The third-order valence-corrected chi connectivity index (χ3v) is 4.54. The highest BCUT2D eigenvalue weighted by Crippen LogP contribution is 2.17. The molecule has 0 aliphatic heterocycles. The Bertz CT molecular complexity index is 440. The monoisotopic (exact) mass is 243 g/mol. The van der Waals surface area contributed by atoms with Crippen LogP contribution in [-0.4, -0.2) is 13.7 Å². The van der Waals surface area contributed by atoms with E-state index >= 15 is 0 Å². The van der Waals surface area contributed by atoms with E-state index in [1.54, 1.807) is 38.1 Å². The zero-order valence-electron chi connectivity index (χ0n) is 9.34. The Labute approximate surface area is 95.7 Å². The first-order valence-electron chi connectivity index (χ1n) is 4.95. The molecule has 0 radical (unpaired) electrons. The maximum Gasteiger partial charge on any atom is 0.180 e. The molecule has 0 saturated carbocycles. The minimum absolute atomic E-state index is 0.301. The van der Waals surface area contributed by atoms with Crippen LogP contribution >= 0.6 is 0 Å². The number of rotatable bonds is 4. The van der Waals surface area contributed by atoms with Crippen LogP contribution in [0, 0.1) is 0 Å². The van der Waals surface area contributed by atoms with Crippen LogP contribution in [0.4, 0.5) is 0 Å². The standard InChI is InChI=1S/C10H17N3O2S/c1-7(2)16(14,15)9-5-3-8(4-6-9)10(11)13-12/h3-7,10,13H,11-12H2,1-2H3. The van der Waals surface area contributed by atoms with E-state index in [0.717, 1.165) is 5.56 Å². The van der Waals surface area contributed by atoms with Crippen LogP contribution in [0.5, 0.6) is 0 Å². The Morgan fingerprint density at radius 1 is 1.19 bits per heavy atom. The molecule has 0 amide bonds. The molecule has 1 rings (SSSR count). The molecule has 16 heavy (non-hydrogen) atoms. The Kier molecular flexibility index (Phi) is 4.03. The molecular weight excluding hydrogens is 226 g/mol. The fourth-order valence-corrected chi connectivity index (χ4v) is 2.29. The van der Waals surface area contributed by atoms with Crippen molar-refractivity contribution in [3.63, 3.8) is 0 Å². The molecule has 6 heteroatoms. The minimum atomic E-state index is -3.22. The van der Waals surface area contributed by atoms with Gasteiger partial charge in [0.1, 0.15) is 0 Å². The van der Waals surface area contributed by atoms with Crippen molar-refractivity contribution < 1.29 is 8.42 Å². The smallest absolute Gasteiger partial charge is 0.180 e. The van der Waals surface area contributed by atoms with Gasteiger partial charge in [0.25, 0.3) is 0 Å². The zero-order valence-corrected chi connectivity index (χ0v) is 10.2. The lowest BCUT2D eigenvalue weighted by atomic mass is 10.2. The first-order chi connectivity index (χ1) is 7.39. The average molecular weight is 243 g/mol. The fraction of sp³-hybridized carbons (Fsp3) is 0.400.